The number of amides is 2. The van der Waals surface area contributed by atoms with Crippen molar-refractivity contribution < 1.29 is 17.9 Å². The summed E-state index contributed by atoms with van der Waals surface area (Å²) in [6.07, 6.45) is 4.98. The zero-order chi connectivity index (χ0) is 28.5. The van der Waals surface area contributed by atoms with Crippen molar-refractivity contribution in [2.24, 2.45) is 0 Å². The minimum atomic E-state index is -3.31. The van der Waals surface area contributed by atoms with Crippen LogP contribution in [0.4, 0.5) is 16.2 Å². The third kappa shape index (κ3) is 9.15. The molecule has 1 heterocycles. The molecule has 214 valence electrons. The summed E-state index contributed by atoms with van der Waals surface area (Å²) in [5, 5.41) is 3.62. The van der Waals surface area contributed by atoms with Crippen molar-refractivity contribution in [1.82, 2.24) is 9.80 Å². The summed E-state index contributed by atoms with van der Waals surface area (Å²) in [5.74, 6) is 1.34. The number of rotatable bonds is 11. The number of hydrogen-bond acceptors (Lipinski definition) is 5. The van der Waals surface area contributed by atoms with Crippen LogP contribution in [-0.2, 0) is 16.6 Å². The lowest BCUT2D eigenvalue weighted by Gasteiger charge is -2.38. The van der Waals surface area contributed by atoms with E-state index in [0.29, 0.717) is 27.9 Å². The maximum atomic E-state index is 13.2. The third-order valence-electron chi connectivity index (χ3n) is 6.81. The number of likely N-dealkylation sites (tertiary alicyclic amines) is 1. The molecule has 10 heteroatoms. The molecular weight excluding hydrogens is 548 g/mol. The van der Waals surface area contributed by atoms with E-state index in [-0.39, 0.29) is 12.1 Å². The lowest BCUT2D eigenvalue weighted by atomic mass is 10.0. The number of carbonyl (C=O) groups excluding carboxylic acids is 1. The largest absolute Gasteiger partial charge is 0.457 e. The second-order valence-corrected chi connectivity index (χ2v) is 12.3. The molecule has 1 aliphatic heterocycles. The van der Waals surface area contributed by atoms with Crippen LogP contribution in [0.15, 0.2) is 72.8 Å². The van der Waals surface area contributed by atoms with Crippen molar-refractivity contribution in [2.75, 3.05) is 35.9 Å². The van der Waals surface area contributed by atoms with Gasteiger partial charge in [-0.3, -0.25) is 9.62 Å². The average Bonchev–Trinajstić information content (AvgIpc) is 2.91. The summed E-state index contributed by atoms with van der Waals surface area (Å²) in [7, 11) is -3.31. The highest BCUT2D eigenvalue weighted by molar-refractivity contribution is 7.92. The van der Waals surface area contributed by atoms with Gasteiger partial charge in [0.2, 0.25) is 10.0 Å². The molecule has 3 aromatic rings. The first-order chi connectivity index (χ1) is 19.2. The highest BCUT2D eigenvalue weighted by Gasteiger charge is 2.28. The molecule has 4 rings (SSSR count). The number of sulfonamides is 1. The van der Waals surface area contributed by atoms with Gasteiger partial charge >= 0.3 is 6.03 Å². The topological polar surface area (TPSA) is 91.0 Å². The van der Waals surface area contributed by atoms with E-state index >= 15 is 0 Å². The Morgan fingerprint density at radius 3 is 2.25 bits per heavy atom. The molecule has 0 bridgehead atoms. The van der Waals surface area contributed by atoms with E-state index in [1.165, 1.54) is 5.56 Å². The zero-order valence-corrected chi connectivity index (χ0v) is 24.5. The van der Waals surface area contributed by atoms with Gasteiger partial charge in [-0.2, -0.15) is 0 Å². The second-order valence-electron chi connectivity index (χ2n) is 10.1. The molecule has 2 amide bonds. The molecule has 1 fully saturated rings. The van der Waals surface area contributed by atoms with Crippen molar-refractivity contribution in [3.8, 4) is 11.5 Å². The number of carbonyl (C=O) groups is 1. The normalized spacial score (nSPS) is 14.5. The smallest absolute Gasteiger partial charge is 0.322 e. The number of hydrogen-bond donors (Lipinski definition) is 2. The van der Waals surface area contributed by atoms with Crippen LogP contribution in [0.1, 0.15) is 38.2 Å². The van der Waals surface area contributed by atoms with Gasteiger partial charge in [-0.25, -0.2) is 13.2 Å². The number of unbranched alkanes of at least 4 members (excludes halogenated alkanes) is 1. The third-order valence-corrected chi connectivity index (χ3v) is 7.65. The number of halogens is 1. The lowest BCUT2D eigenvalue weighted by molar-refractivity contribution is 0.122. The molecule has 1 saturated heterocycles. The summed E-state index contributed by atoms with van der Waals surface area (Å²) in [4.78, 5) is 17.6. The average molecular weight is 585 g/mol. The van der Waals surface area contributed by atoms with Crippen molar-refractivity contribution in [3.05, 3.63) is 83.4 Å². The number of piperidine rings is 1. The molecule has 1 aliphatic rings. The Bertz CT molecular complexity index is 1360. The molecule has 0 aliphatic carbocycles. The number of anilines is 2. The molecule has 0 radical (unpaired) electrons. The standard InChI is InChI=1S/C30H37ClN4O4S/c1-3-4-18-35(30(36)32-26-7-5-6-24(31)21-26)27-16-19-34(20-17-27)22-23-8-12-28(13-9-23)39-29-14-10-25(11-15-29)33-40(2,37)38/h5-15,21,27,33H,3-4,16-20,22H2,1-2H3,(H,32,36). The fourth-order valence-electron chi connectivity index (χ4n) is 4.79. The van der Waals surface area contributed by atoms with Crippen molar-refractivity contribution >= 4 is 39.0 Å². The van der Waals surface area contributed by atoms with Gasteiger partial charge in [-0.15, -0.1) is 0 Å². The monoisotopic (exact) mass is 584 g/mol. The molecule has 2 N–H and O–H groups in total. The van der Waals surface area contributed by atoms with E-state index in [0.717, 1.165) is 58.1 Å². The van der Waals surface area contributed by atoms with Crippen molar-refractivity contribution in [2.45, 2.75) is 45.2 Å². The van der Waals surface area contributed by atoms with Crippen LogP contribution >= 0.6 is 11.6 Å². The lowest BCUT2D eigenvalue weighted by Crippen LogP contribution is -2.49. The van der Waals surface area contributed by atoms with E-state index in [1.807, 2.05) is 29.2 Å². The van der Waals surface area contributed by atoms with Crippen LogP contribution < -0.4 is 14.8 Å². The molecule has 0 saturated carbocycles. The number of nitrogens with one attached hydrogen (secondary N) is 2. The van der Waals surface area contributed by atoms with Gasteiger partial charge in [0.15, 0.2) is 0 Å². The molecule has 40 heavy (non-hydrogen) atoms. The van der Waals surface area contributed by atoms with Crippen molar-refractivity contribution in [3.63, 3.8) is 0 Å². The van der Waals surface area contributed by atoms with Crippen LogP contribution in [0.3, 0.4) is 0 Å². The summed E-state index contributed by atoms with van der Waals surface area (Å²) in [6, 6.07) is 22.2. The Morgan fingerprint density at radius 2 is 1.65 bits per heavy atom. The maximum absolute atomic E-state index is 13.2. The van der Waals surface area contributed by atoms with Gasteiger partial charge in [0.25, 0.3) is 0 Å². The zero-order valence-electron chi connectivity index (χ0n) is 23.0. The molecular formula is C30H37ClN4O4S. The number of urea groups is 1. The number of benzene rings is 3. The van der Waals surface area contributed by atoms with E-state index in [4.69, 9.17) is 16.3 Å². The van der Waals surface area contributed by atoms with E-state index in [1.54, 1.807) is 36.4 Å². The summed E-state index contributed by atoms with van der Waals surface area (Å²) < 4.78 is 31.1. The van der Waals surface area contributed by atoms with Gasteiger partial charge in [-0.1, -0.05) is 43.1 Å². The minimum absolute atomic E-state index is 0.0638. The van der Waals surface area contributed by atoms with Gasteiger partial charge in [0.1, 0.15) is 11.5 Å². The predicted octanol–water partition coefficient (Wildman–Crippen LogP) is 6.80. The maximum Gasteiger partial charge on any atom is 0.322 e. The number of ether oxygens (including phenoxy) is 1. The Hall–Kier alpha value is -3.27. The first-order valence-electron chi connectivity index (χ1n) is 13.6. The molecule has 8 nitrogen and oxygen atoms in total. The minimum Gasteiger partial charge on any atom is -0.457 e. The van der Waals surface area contributed by atoms with Gasteiger partial charge in [0, 0.05) is 48.6 Å². The first kappa shape index (κ1) is 29.7. The summed E-state index contributed by atoms with van der Waals surface area (Å²) in [5.41, 5.74) is 2.40. The Balaban J connectivity index is 1.27. The summed E-state index contributed by atoms with van der Waals surface area (Å²) in [6.45, 7) is 5.56. The second kappa shape index (κ2) is 13.9. The molecule has 0 unspecified atom stereocenters. The highest BCUT2D eigenvalue weighted by atomic mass is 35.5. The van der Waals surface area contributed by atoms with E-state index in [9.17, 15) is 13.2 Å². The molecule has 0 atom stereocenters. The SMILES string of the molecule is CCCCN(C(=O)Nc1cccc(Cl)c1)C1CCN(Cc2ccc(Oc3ccc(NS(C)(=O)=O)cc3)cc2)CC1. The van der Waals surface area contributed by atoms with Crippen LogP contribution in [-0.4, -0.2) is 56.2 Å². The number of nitrogens with zero attached hydrogens (tertiary/aromatic N) is 2. The van der Waals surface area contributed by atoms with Crippen LogP contribution in [0, 0.1) is 0 Å². The van der Waals surface area contributed by atoms with Crippen LogP contribution in [0.2, 0.25) is 5.02 Å². The Kier molecular flexibility index (Phi) is 10.3. The van der Waals surface area contributed by atoms with E-state index in [2.05, 4.69) is 34.0 Å². The fraction of sp³-hybridized carbons (Fsp3) is 0.367. The van der Waals surface area contributed by atoms with Gasteiger partial charge in [-0.05, 0) is 79.4 Å². The Labute approximate surface area is 242 Å². The van der Waals surface area contributed by atoms with Crippen molar-refractivity contribution in [1.29, 1.82) is 0 Å². The quantitative estimate of drug-likeness (QED) is 0.258. The van der Waals surface area contributed by atoms with Gasteiger partial charge in [0.05, 0.1) is 6.26 Å². The Morgan fingerprint density at radius 1 is 1.00 bits per heavy atom. The molecule has 0 aromatic heterocycles. The summed E-state index contributed by atoms with van der Waals surface area (Å²) >= 11 is 6.09. The molecule has 3 aromatic carbocycles. The fourth-order valence-corrected chi connectivity index (χ4v) is 5.55. The van der Waals surface area contributed by atoms with Gasteiger partial charge < -0.3 is 15.0 Å². The molecule has 0 spiro atoms. The van der Waals surface area contributed by atoms with E-state index < -0.39 is 10.0 Å². The highest BCUT2D eigenvalue weighted by Crippen LogP contribution is 2.25. The first-order valence-corrected chi connectivity index (χ1v) is 15.9. The van der Waals surface area contributed by atoms with Crippen LogP contribution in [0.25, 0.3) is 0 Å². The van der Waals surface area contributed by atoms with Crippen LogP contribution in [0.5, 0.6) is 11.5 Å². The predicted molar refractivity (Wildman–Crippen MR) is 162 cm³/mol.